The molecule has 2 aromatic carbocycles. The molecule has 5 heteroatoms. The van der Waals surface area contributed by atoms with E-state index in [0.29, 0.717) is 21.2 Å². The lowest BCUT2D eigenvalue weighted by molar-refractivity contribution is 0.592. The summed E-state index contributed by atoms with van der Waals surface area (Å²) in [6, 6.07) is 13.9. The van der Waals surface area contributed by atoms with E-state index in [9.17, 15) is 4.57 Å². The van der Waals surface area contributed by atoms with Gasteiger partial charge >= 0.3 is 0 Å². The second-order valence-electron chi connectivity index (χ2n) is 3.73. The van der Waals surface area contributed by atoms with Crippen molar-refractivity contribution < 1.29 is 4.57 Å². The van der Waals surface area contributed by atoms with E-state index in [0.717, 1.165) is 0 Å². The summed E-state index contributed by atoms with van der Waals surface area (Å²) < 4.78 is 10.4. The molecular weight excluding hydrogens is 309 g/mol. The van der Waals surface area contributed by atoms with Crippen molar-refractivity contribution in [3.63, 3.8) is 0 Å². The Morgan fingerprint density at radius 2 is 1.11 bits per heavy atom. The van der Waals surface area contributed by atoms with Gasteiger partial charge in [-0.2, -0.15) is 0 Å². The van der Waals surface area contributed by atoms with Crippen molar-refractivity contribution in [2.45, 2.75) is 4.62 Å². The van der Waals surface area contributed by atoms with Crippen LogP contribution in [0.25, 0.3) is 0 Å². The van der Waals surface area contributed by atoms with E-state index in [1.165, 1.54) is 0 Å². The van der Waals surface area contributed by atoms with Crippen LogP contribution in [0, 0.1) is 0 Å². The van der Waals surface area contributed by atoms with Crippen LogP contribution in [0.15, 0.2) is 48.5 Å². The standard InChI is InChI=1S/C13H8Cl3OP/c14-11-5-1-9(2-6-11)13(16,18-17)10-3-7-12(15)8-4-10/h1-8H. The lowest BCUT2D eigenvalue weighted by atomic mass is 10.0. The summed E-state index contributed by atoms with van der Waals surface area (Å²) in [6.07, 6.45) is 0. The van der Waals surface area contributed by atoms with Crippen LogP contribution in [0.2, 0.25) is 10.0 Å². The molecule has 1 nitrogen and oxygen atoms in total. The van der Waals surface area contributed by atoms with Crippen LogP contribution in [0.3, 0.4) is 0 Å². The molecule has 0 fully saturated rings. The van der Waals surface area contributed by atoms with Crippen LogP contribution in [-0.2, 0) is 9.18 Å². The second-order valence-corrected chi connectivity index (χ2v) is 6.28. The van der Waals surface area contributed by atoms with Gasteiger partial charge < -0.3 is 0 Å². The molecule has 0 spiro atoms. The minimum Gasteiger partial charge on any atom is -0.272 e. The first-order valence-electron chi connectivity index (χ1n) is 5.12. The fraction of sp³-hybridized carbons (Fsp3) is 0.0769. The third kappa shape index (κ3) is 2.70. The first-order chi connectivity index (χ1) is 8.56. The average molecular weight is 318 g/mol. The predicted octanol–water partition coefficient (Wildman–Crippen LogP) is 5.73. The third-order valence-electron chi connectivity index (χ3n) is 2.58. The van der Waals surface area contributed by atoms with Crippen LogP contribution >= 0.6 is 43.3 Å². The molecule has 0 amide bonds. The molecule has 0 bridgehead atoms. The Morgan fingerprint density at radius 1 is 0.778 bits per heavy atom. The van der Waals surface area contributed by atoms with Crippen molar-refractivity contribution in [2.24, 2.45) is 0 Å². The van der Waals surface area contributed by atoms with Gasteiger partial charge in [0.25, 0.3) is 0 Å². The van der Waals surface area contributed by atoms with E-state index in [4.69, 9.17) is 34.8 Å². The first kappa shape index (κ1) is 13.8. The van der Waals surface area contributed by atoms with Gasteiger partial charge in [-0.05, 0) is 35.4 Å². The number of alkyl halides is 1. The molecule has 0 aliphatic rings. The van der Waals surface area contributed by atoms with E-state index in [1.54, 1.807) is 48.5 Å². The zero-order valence-corrected chi connectivity index (χ0v) is 12.3. The van der Waals surface area contributed by atoms with Gasteiger partial charge in [-0.15, -0.1) is 0 Å². The Labute approximate surface area is 122 Å². The first-order valence-corrected chi connectivity index (χ1v) is 7.06. The highest BCUT2D eigenvalue weighted by Crippen LogP contribution is 2.46. The zero-order valence-electron chi connectivity index (χ0n) is 9.11. The van der Waals surface area contributed by atoms with Gasteiger partial charge in [0.2, 0.25) is 0 Å². The normalized spacial score (nSPS) is 11.7. The quantitative estimate of drug-likeness (QED) is 0.522. The molecule has 0 unspecified atom stereocenters. The largest absolute Gasteiger partial charge is 0.272 e. The molecule has 0 saturated heterocycles. The SMILES string of the molecule is O=PC(Cl)(c1ccc(Cl)cc1)c1ccc(Cl)cc1. The van der Waals surface area contributed by atoms with E-state index in [2.05, 4.69) is 0 Å². The summed E-state index contributed by atoms with van der Waals surface area (Å²) in [5.41, 5.74) is 1.43. The lowest BCUT2D eigenvalue weighted by Crippen LogP contribution is -2.12. The number of hydrogen-bond acceptors (Lipinski definition) is 1. The monoisotopic (exact) mass is 316 g/mol. The van der Waals surface area contributed by atoms with Gasteiger partial charge in [0.1, 0.15) is 0 Å². The molecule has 0 aliphatic heterocycles. The Balaban J connectivity index is 2.50. The number of halogens is 3. The molecule has 18 heavy (non-hydrogen) atoms. The molecule has 0 saturated carbocycles. The molecular formula is C13H8Cl3OP. The zero-order chi connectivity index (χ0) is 13.2. The Morgan fingerprint density at radius 3 is 1.39 bits per heavy atom. The lowest BCUT2D eigenvalue weighted by Gasteiger charge is -2.20. The second kappa shape index (κ2) is 5.59. The van der Waals surface area contributed by atoms with E-state index in [1.807, 2.05) is 0 Å². The van der Waals surface area contributed by atoms with Crippen molar-refractivity contribution in [3.8, 4) is 0 Å². The topological polar surface area (TPSA) is 17.1 Å². The van der Waals surface area contributed by atoms with E-state index in [-0.39, 0.29) is 8.46 Å². The Hall–Kier alpha value is -0.590. The minimum atomic E-state index is -1.12. The number of benzene rings is 2. The molecule has 2 aromatic rings. The summed E-state index contributed by atoms with van der Waals surface area (Å²) in [7, 11) is -0.201. The molecule has 0 atom stereocenters. The molecule has 0 radical (unpaired) electrons. The highest BCUT2D eigenvalue weighted by Gasteiger charge is 2.32. The molecule has 2 rings (SSSR count). The van der Waals surface area contributed by atoms with Gasteiger partial charge in [0.15, 0.2) is 13.1 Å². The minimum absolute atomic E-state index is 0.201. The smallest absolute Gasteiger partial charge is 0.188 e. The van der Waals surface area contributed by atoms with Crippen LogP contribution in [0.1, 0.15) is 11.1 Å². The van der Waals surface area contributed by atoms with E-state index >= 15 is 0 Å². The third-order valence-corrected chi connectivity index (χ3v) is 4.49. The number of rotatable bonds is 3. The van der Waals surface area contributed by atoms with Gasteiger partial charge in [-0.25, -0.2) is 0 Å². The maximum atomic E-state index is 11.5. The van der Waals surface area contributed by atoms with Gasteiger partial charge in [-0.1, -0.05) is 59.1 Å². The Bertz CT molecular complexity index is 506. The van der Waals surface area contributed by atoms with Crippen LogP contribution < -0.4 is 0 Å². The fourth-order valence-corrected chi connectivity index (χ4v) is 2.63. The van der Waals surface area contributed by atoms with Crippen molar-refractivity contribution in [1.82, 2.24) is 0 Å². The molecule has 92 valence electrons. The van der Waals surface area contributed by atoms with Crippen molar-refractivity contribution >= 4 is 43.3 Å². The Kier molecular flexibility index (Phi) is 4.29. The molecule has 0 aromatic heterocycles. The maximum absolute atomic E-state index is 11.5. The maximum Gasteiger partial charge on any atom is 0.188 e. The van der Waals surface area contributed by atoms with Crippen molar-refractivity contribution in [2.75, 3.05) is 0 Å². The van der Waals surface area contributed by atoms with E-state index < -0.39 is 4.62 Å². The van der Waals surface area contributed by atoms with Crippen LogP contribution in [0.5, 0.6) is 0 Å². The van der Waals surface area contributed by atoms with Crippen LogP contribution in [0.4, 0.5) is 0 Å². The highest BCUT2D eigenvalue weighted by atomic mass is 35.5. The van der Waals surface area contributed by atoms with Crippen molar-refractivity contribution in [3.05, 3.63) is 69.7 Å². The summed E-state index contributed by atoms with van der Waals surface area (Å²) in [6.45, 7) is 0. The summed E-state index contributed by atoms with van der Waals surface area (Å²) >= 11 is 18.1. The predicted molar refractivity (Wildman–Crippen MR) is 77.1 cm³/mol. The molecule has 0 N–H and O–H groups in total. The fourth-order valence-electron chi connectivity index (χ4n) is 1.61. The van der Waals surface area contributed by atoms with Gasteiger partial charge in [0, 0.05) is 10.0 Å². The van der Waals surface area contributed by atoms with Crippen LogP contribution in [-0.4, -0.2) is 0 Å². The van der Waals surface area contributed by atoms with Gasteiger partial charge in [-0.3, -0.25) is 4.57 Å². The molecule has 0 heterocycles. The van der Waals surface area contributed by atoms with Gasteiger partial charge in [0.05, 0.1) is 0 Å². The highest BCUT2D eigenvalue weighted by molar-refractivity contribution is 7.29. The summed E-state index contributed by atoms with van der Waals surface area (Å²) in [5, 5.41) is 1.22. The number of hydrogen-bond donors (Lipinski definition) is 0. The van der Waals surface area contributed by atoms with Crippen molar-refractivity contribution in [1.29, 1.82) is 0 Å². The molecule has 0 aliphatic carbocycles. The average Bonchev–Trinajstić information content (AvgIpc) is 2.39. The summed E-state index contributed by atoms with van der Waals surface area (Å²) in [5.74, 6) is 0. The summed E-state index contributed by atoms with van der Waals surface area (Å²) in [4.78, 5) is 0.